The molecule has 0 bridgehead atoms. The van der Waals surface area contributed by atoms with Crippen molar-refractivity contribution in [3.63, 3.8) is 0 Å². The van der Waals surface area contributed by atoms with Crippen LogP contribution in [0.15, 0.2) is 77.9 Å². The number of rotatable bonds is 7. The molecular formula is C29H30F2N4O2. The molecule has 0 unspecified atom stereocenters. The minimum absolute atomic E-state index is 0.102. The number of hydrogen-bond donors (Lipinski definition) is 0. The van der Waals surface area contributed by atoms with E-state index in [4.69, 9.17) is 9.84 Å². The van der Waals surface area contributed by atoms with Gasteiger partial charge >= 0.3 is 0 Å². The molecule has 0 saturated carbocycles. The van der Waals surface area contributed by atoms with Gasteiger partial charge < -0.3 is 9.64 Å². The zero-order valence-corrected chi connectivity index (χ0v) is 20.8. The predicted octanol–water partition coefficient (Wildman–Crippen LogP) is 4.86. The summed E-state index contributed by atoms with van der Waals surface area (Å²) in [5.41, 5.74) is 3.10. The van der Waals surface area contributed by atoms with Crippen molar-refractivity contribution in [2.45, 2.75) is 19.4 Å². The van der Waals surface area contributed by atoms with Crippen LogP contribution in [0.3, 0.4) is 0 Å². The van der Waals surface area contributed by atoms with Crippen LogP contribution >= 0.6 is 0 Å². The Morgan fingerprint density at radius 1 is 0.946 bits per heavy atom. The molecule has 6 nitrogen and oxygen atoms in total. The Hall–Kier alpha value is -3.78. The molecule has 0 aromatic heterocycles. The fraction of sp³-hybridized carbons (Fsp3) is 0.310. The standard InChI is InChI=1S/C29H30F2N4O2/c1-2-37-24-13-9-22(10-14-24)28-19-26(21-7-11-23(30)12-8-21)32-35(28)29(36)20-33-15-17-34(18-16-33)27-6-4-3-5-25(27)31/h3-14,28H,2,15-20H2,1H3/t28-/m1/s1. The van der Waals surface area contributed by atoms with Crippen molar-refractivity contribution in [1.82, 2.24) is 9.91 Å². The maximum Gasteiger partial charge on any atom is 0.257 e. The summed E-state index contributed by atoms with van der Waals surface area (Å²) in [6.45, 7) is 5.31. The number of anilines is 1. The van der Waals surface area contributed by atoms with Gasteiger partial charge in [0.1, 0.15) is 17.4 Å². The summed E-state index contributed by atoms with van der Waals surface area (Å²) < 4.78 is 33.3. The van der Waals surface area contributed by atoms with Crippen LogP contribution in [0.1, 0.15) is 30.5 Å². The number of ether oxygens (including phenoxy) is 1. The SMILES string of the molecule is CCOc1ccc([C@H]2CC(c3ccc(F)cc3)=NN2C(=O)CN2CCN(c3ccccc3F)CC2)cc1. The van der Waals surface area contributed by atoms with Gasteiger partial charge in [-0.1, -0.05) is 36.4 Å². The zero-order valence-electron chi connectivity index (χ0n) is 20.8. The third kappa shape index (κ3) is 5.64. The topological polar surface area (TPSA) is 48.4 Å². The summed E-state index contributed by atoms with van der Waals surface area (Å²) in [5, 5.41) is 6.27. The van der Waals surface area contributed by atoms with E-state index in [1.54, 1.807) is 29.3 Å². The fourth-order valence-electron chi connectivity index (χ4n) is 4.89. The van der Waals surface area contributed by atoms with E-state index in [1.165, 1.54) is 18.2 Å². The Labute approximate surface area is 215 Å². The lowest BCUT2D eigenvalue weighted by atomic mass is 9.98. The zero-order chi connectivity index (χ0) is 25.8. The van der Waals surface area contributed by atoms with Gasteiger partial charge in [0.15, 0.2) is 0 Å². The van der Waals surface area contributed by atoms with Crippen LogP contribution in [0.4, 0.5) is 14.5 Å². The Kier molecular flexibility index (Phi) is 7.46. The van der Waals surface area contributed by atoms with Gasteiger partial charge in [0.25, 0.3) is 5.91 Å². The lowest BCUT2D eigenvalue weighted by Gasteiger charge is -2.36. The molecule has 2 heterocycles. The Morgan fingerprint density at radius 3 is 2.32 bits per heavy atom. The molecule has 0 radical (unpaired) electrons. The normalized spacial score (nSPS) is 18.1. The second kappa shape index (κ2) is 11.1. The number of carbonyl (C=O) groups excluding carboxylic acids is 1. The second-order valence-corrected chi connectivity index (χ2v) is 9.23. The largest absolute Gasteiger partial charge is 0.494 e. The highest BCUT2D eigenvalue weighted by Gasteiger charge is 2.34. The van der Waals surface area contributed by atoms with Gasteiger partial charge in [-0.2, -0.15) is 5.10 Å². The number of halogens is 2. The van der Waals surface area contributed by atoms with Crippen molar-refractivity contribution >= 4 is 17.3 Å². The molecule has 1 fully saturated rings. The fourth-order valence-corrected chi connectivity index (χ4v) is 4.89. The predicted molar refractivity (Wildman–Crippen MR) is 140 cm³/mol. The molecule has 0 N–H and O–H groups in total. The van der Waals surface area contributed by atoms with Crippen LogP contribution in [0.25, 0.3) is 0 Å². The van der Waals surface area contributed by atoms with Crippen molar-refractivity contribution in [3.05, 3.63) is 95.6 Å². The average molecular weight is 505 g/mol. The molecule has 1 atom stereocenters. The lowest BCUT2D eigenvalue weighted by molar-refractivity contribution is -0.134. The van der Waals surface area contributed by atoms with Crippen molar-refractivity contribution < 1.29 is 18.3 Å². The number of carbonyl (C=O) groups is 1. The Bertz CT molecular complexity index is 1260. The summed E-state index contributed by atoms with van der Waals surface area (Å²) in [5.74, 6) is 0.127. The Morgan fingerprint density at radius 2 is 1.65 bits per heavy atom. The van der Waals surface area contributed by atoms with E-state index in [0.29, 0.717) is 44.9 Å². The molecule has 3 aromatic rings. The third-order valence-electron chi connectivity index (χ3n) is 6.84. The number of para-hydroxylation sites is 1. The van der Waals surface area contributed by atoms with E-state index in [9.17, 15) is 13.6 Å². The first kappa shape index (κ1) is 24.9. The molecule has 3 aromatic carbocycles. The van der Waals surface area contributed by atoms with E-state index < -0.39 is 0 Å². The smallest absolute Gasteiger partial charge is 0.257 e. The van der Waals surface area contributed by atoms with Crippen molar-refractivity contribution in [1.29, 1.82) is 0 Å². The van der Waals surface area contributed by atoms with Crippen molar-refractivity contribution in [2.75, 3.05) is 44.2 Å². The van der Waals surface area contributed by atoms with Gasteiger partial charge in [-0.15, -0.1) is 0 Å². The van der Waals surface area contributed by atoms with Crippen LogP contribution in [0, 0.1) is 11.6 Å². The molecular weight excluding hydrogens is 474 g/mol. The van der Waals surface area contributed by atoms with E-state index in [-0.39, 0.29) is 30.1 Å². The molecule has 2 aliphatic heterocycles. The van der Waals surface area contributed by atoms with Gasteiger partial charge in [-0.3, -0.25) is 9.69 Å². The maximum atomic E-state index is 14.2. The van der Waals surface area contributed by atoms with Gasteiger partial charge in [-0.25, -0.2) is 13.8 Å². The minimum Gasteiger partial charge on any atom is -0.494 e. The van der Waals surface area contributed by atoms with Crippen LogP contribution in [0.5, 0.6) is 5.75 Å². The number of benzene rings is 3. The lowest BCUT2D eigenvalue weighted by Crippen LogP contribution is -2.49. The van der Waals surface area contributed by atoms with Gasteiger partial charge in [0, 0.05) is 32.6 Å². The minimum atomic E-state index is -0.312. The van der Waals surface area contributed by atoms with Crippen LogP contribution in [-0.2, 0) is 4.79 Å². The number of hydrogen-bond acceptors (Lipinski definition) is 5. The molecule has 192 valence electrons. The maximum absolute atomic E-state index is 14.2. The second-order valence-electron chi connectivity index (χ2n) is 9.23. The van der Waals surface area contributed by atoms with E-state index in [0.717, 1.165) is 22.6 Å². The summed E-state index contributed by atoms with van der Waals surface area (Å²) in [7, 11) is 0. The van der Waals surface area contributed by atoms with Crippen molar-refractivity contribution in [3.8, 4) is 5.75 Å². The first-order valence-electron chi connectivity index (χ1n) is 12.6. The molecule has 1 amide bonds. The average Bonchev–Trinajstić information content (AvgIpc) is 3.36. The molecule has 37 heavy (non-hydrogen) atoms. The summed E-state index contributed by atoms with van der Waals surface area (Å²) in [6, 6.07) is 20.4. The van der Waals surface area contributed by atoms with E-state index in [1.807, 2.05) is 42.2 Å². The monoisotopic (exact) mass is 504 g/mol. The first-order chi connectivity index (χ1) is 18.0. The van der Waals surface area contributed by atoms with Crippen LogP contribution in [-0.4, -0.2) is 60.9 Å². The summed E-state index contributed by atoms with van der Waals surface area (Å²) in [4.78, 5) is 17.6. The molecule has 0 spiro atoms. The van der Waals surface area contributed by atoms with E-state index >= 15 is 0 Å². The van der Waals surface area contributed by atoms with Gasteiger partial charge in [-0.05, 0) is 54.4 Å². The van der Waals surface area contributed by atoms with Gasteiger partial charge in [0.2, 0.25) is 0 Å². The van der Waals surface area contributed by atoms with Gasteiger partial charge in [0.05, 0.1) is 30.6 Å². The molecule has 5 rings (SSSR count). The number of nitrogens with zero attached hydrogens (tertiary/aromatic N) is 4. The van der Waals surface area contributed by atoms with Crippen LogP contribution < -0.4 is 9.64 Å². The molecule has 1 saturated heterocycles. The number of piperazine rings is 1. The third-order valence-corrected chi connectivity index (χ3v) is 6.84. The summed E-state index contributed by atoms with van der Waals surface area (Å²) in [6.07, 6.45) is 0.534. The Balaban J connectivity index is 1.30. The van der Waals surface area contributed by atoms with Crippen molar-refractivity contribution in [2.24, 2.45) is 5.10 Å². The quantitative estimate of drug-likeness (QED) is 0.461. The van der Waals surface area contributed by atoms with E-state index in [2.05, 4.69) is 4.90 Å². The molecule has 8 heteroatoms. The highest BCUT2D eigenvalue weighted by molar-refractivity contribution is 6.03. The molecule has 0 aliphatic carbocycles. The highest BCUT2D eigenvalue weighted by atomic mass is 19.1. The molecule has 2 aliphatic rings. The first-order valence-corrected chi connectivity index (χ1v) is 12.6. The number of hydrazone groups is 1. The van der Waals surface area contributed by atoms with Crippen LogP contribution in [0.2, 0.25) is 0 Å². The number of amides is 1. The summed E-state index contributed by atoms with van der Waals surface area (Å²) >= 11 is 0. The highest BCUT2D eigenvalue weighted by Crippen LogP contribution is 2.34.